The Balaban J connectivity index is 2.77. The van der Waals surface area contributed by atoms with Crippen LogP contribution in [0.15, 0.2) is 24.3 Å². The van der Waals surface area contributed by atoms with Crippen LogP contribution in [0.4, 0.5) is 5.69 Å². The van der Waals surface area contributed by atoms with Gasteiger partial charge in [-0.3, -0.25) is 0 Å². The average molecular weight is 232 g/mol. The highest BCUT2D eigenvalue weighted by Gasteiger charge is 2.10. The van der Waals surface area contributed by atoms with Crippen LogP contribution in [-0.2, 0) is 0 Å². The fourth-order valence-electron chi connectivity index (χ4n) is 1.69. The molecule has 1 aromatic rings. The van der Waals surface area contributed by atoms with Crippen molar-refractivity contribution < 1.29 is 5.11 Å². The van der Waals surface area contributed by atoms with Crippen LogP contribution in [0.3, 0.4) is 0 Å². The zero-order valence-electron chi connectivity index (χ0n) is 10.7. The molecule has 1 N–H and O–H groups in total. The van der Waals surface area contributed by atoms with Crippen LogP contribution in [0, 0.1) is 11.3 Å². The van der Waals surface area contributed by atoms with Crippen LogP contribution in [0.1, 0.15) is 38.4 Å². The average Bonchev–Trinajstić information content (AvgIpc) is 2.37. The molecule has 0 aliphatic rings. The van der Waals surface area contributed by atoms with Gasteiger partial charge in [0.05, 0.1) is 18.6 Å². The third-order valence-corrected chi connectivity index (χ3v) is 3.12. The van der Waals surface area contributed by atoms with E-state index in [0.29, 0.717) is 6.42 Å². The first-order chi connectivity index (χ1) is 8.10. The van der Waals surface area contributed by atoms with Crippen LogP contribution in [0.5, 0.6) is 0 Å². The second-order valence-electron chi connectivity index (χ2n) is 4.34. The van der Waals surface area contributed by atoms with Gasteiger partial charge in [0, 0.05) is 18.8 Å². The van der Waals surface area contributed by atoms with E-state index >= 15 is 0 Å². The molecule has 0 aromatic heterocycles. The predicted octanol–water partition coefficient (Wildman–Crippen LogP) is 2.87. The zero-order valence-corrected chi connectivity index (χ0v) is 10.7. The summed E-state index contributed by atoms with van der Waals surface area (Å²) < 4.78 is 0. The summed E-state index contributed by atoms with van der Waals surface area (Å²) in [5.74, 6) is 0. The lowest BCUT2D eigenvalue weighted by Gasteiger charge is -2.25. The minimum absolute atomic E-state index is 0.196. The number of nitrogens with zero attached hydrogens (tertiary/aromatic N) is 2. The van der Waals surface area contributed by atoms with E-state index in [-0.39, 0.29) is 12.1 Å². The highest BCUT2D eigenvalue weighted by atomic mass is 16.3. The maximum Gasteiger partial charge on any atom is 0.0787 e. The van der Waals surface area contributed by atoms with Crippen molar-refractivity contribution in [3.8, 4) is 6.07 Å². The first-order valence-corrected chi connectivity index (χ1v) is 5.98. The van der Waals surface area contributed by atoms with E-state index in [2.05, 4.69) is 11.0 Å². The Labute approximate surface area is 103 Å². The summed E-state index contributed by atoms with van der Waals surface area (Å²) in [7, 11) is 1.98. The largest absolute Gasteiger partial charge is 0.388 e. The molecule has 0 saturated heterocycles. The van der Waals surface area contributed by atoms with E-state index in [1.807, 2.05) is 45.2 Å². The molecule has 1 rings (SSSR count). The Bertz CT molecular complexity index is 380. The maximum atomic E-state index is 9.70. The molecule has 0 bridgehead atoms. The zero-order chi connectivity index (χ0) is 12.8. The SMILES string of the molecule is CC[C@@H](O)c1ccc(N(C)C(C)CC#N)cc1. The Morgan fingerprint density at radius 2 is 1.94 bits per heavy atom. The lowest BCUT2D eigenvalue weighted by Crippen LogP contribution is -2.28. The molecule has 2 atom stereocenters. The van der Waals surface area contributed by atoms with Crippen molar-refractivity contribution >= 4 is 5.69 Å². The summed E-state index contributed by atoms with van der Waals surface area (Å²) in [6, 6.07) is 10.2. The van der Waals surface area contributed by atoms with Gasteiger partial charge < -0.3 is 10.0 Å². The summed E-state index contributed by atoms with van der Waals surface area (Å²) in [6.45, 7) is 3.98. The van der Waals surface area contributed by atoms with Crippen LogP contribution >= 0.6 is 0 Å². The van der Waals surface area contributed by atoms with Gasteiger partial charge in [-0.2, -0.15) is 5.26 Å². The quantitative estimate of drug-likeness (QED) is 0.849. The molecular weight excluding hydrogens is 212 g/mol. The molecule has 3 heteroatoms. The van der Waals surface area contributed by atoms with Crippen molar-refractivity contribution in [2.75, 3.05) is 11.9 Å². The Morgan fingerprint density at radius 3 is 2.41 bits per heavy atom. The van der Waals surface area contributed by atoms with Gasteiger partial charge in [0.2, 0.25) is 0 Å². The molecular formula is C14H20N2O. The van der Waals surface area contributed by atoms with Gasteiger partial charge in [0.25, 0.3) is 0 Å². The molecule has 92 valence electrons. The van der Waals surface area contributed by atoms with Gasteiger partial charge in [0.1, 0.15) is 0 Å². The summed E-state index contributed by atoms with van der Waals surface area (Å²) in [5, 5.41) is 18.4. The van der Waals surface area contributed by atoms with Crippen molar-refractivity contribution in [2.24, 2.45) is 0 Å². The molecule has 17 heavy (non-hydrogen) atoms. The van der Waals surface area contributed by atoms with E-state index in [9.17, 15) is 5.11 Å². The molecule has 0 saturated carbocycles. The van der Waals surface area contributed by atoms with Gasteiger partial charge in [-0.1, -0.05) is 19.1 Å². The van der Waals surface area contributed by atoms with E-state index < -0.39 is 0 Å². The van der Waals surface area contributed by atoms with Gasteiger partial charge >= 0.3 is 0 Å². The lowest BCUT2D eigenvalue weighted by atomic mass is 10.1. The molecule has 0 aliphatic heterocycles. The molecule has 0 amide bonds. The Kier molecular flexibility index (Phi) is 4.99. The van der Waals surface area contributed by atoms with E-state index in [1.165, 1.54) is 0 Å². The third-order valence-electron chi connectivity index (χ3n) is 3.12. The highest BCUT2D eigenvalue weighted by Crippen LogP contribution is 2.21. The minimum Gasteiger partial charge on any atom is -0.388 e. The van der Waals surface area contributed by atoms with Gasteiger partial charge in [-0.25, -0.2) is 0 Å². The van der Waals surface area contributed by atoms with E-state index in [1.54, 1.807) is 0 Å². The van der Waals surface area contributed by atoms with E-state index in [0.717, 1.165) is 17.7 Å². The molecule has 3 nitrogen and oxygen atoms in total. The lowest BCUT2D eigenvalue weighted by molar-refractivity contribution is 0.173. The number of nitriles is 1. The van der Waals surface area contributed by atoms with Crippen LogP contribution in [0.2, 0.25) is 0 Å². The Morgan fingerprint density at radius 1 is 1.35 bits per heavy atom. The van der Waals surface area contributed by atoms with Gasteiger partial charge in [0.15, 0.2) is 0 Å². The number of aliphatic hydroxyl groups excluding tert-OH is 1. The highest BCUT2D eigenvalue weighted by molar-refractivity contribution is 5.48. The number of rotatable bonds is 5. The maximum absolute atomic E-state index is 9.70. The standard InChI is InChI=1S/C14H20N2O/c1-4-14(17)12-5-7-13(8-6-12)16(3)11(2)9-10-15/h5-8,11,14,17H,4,9H2,1-3H3/t11?,14-/m1/s1. The number of hydrogen-bond acceptors (Lipinski definition) is 3. The summed E-state index contributed by atoms with van der Waals surface area (Å²) in [6.07, 6.45) is 0.849. The summed E-state index contributed by atoms with van der Waals surface area (Å²) in [5.41, 5.74) is 2.01. The Hall–Kier alpha value is -1.53. The minimum atomic E-state index is -0.383. The number of aliphatic hydroxyl groups is 1. The molecule has 0 radical (unpaired) electrons. The van der Waals surface area contributed by atoms with Crippen molar-refractivity contribution in [3.05, 3.63) is 29.8 Å². The molecule has 0 fully saturated rings. The normalized spacial score (nSPS) is 13.8. The fourth-order valence-corrected chi connectivity index (χ4v) is 1.69. The second-order valence-corrected chi connectivity index (χ2v) is 4.34. The number of benzene rings is 1. The molecule has 0 aliphatic carbocycles. The molecule has 1 unspecified atom stereocenters. The van der Waals surface area contributed by atoms with Crippen LogP contribution in [-0.4, -0.2) is 18.2 Å². The first-order valence-electron chi connectivity index (χ1n) is 5.98. The monoisotopic (exact) mass is 232 g/mol. The number of hydrogen-bond donors (Lipinski definition) is 1. The molecule has 0 spiro atoms. The second kappa shape index (κ2) is 6.27. The molecule has 1 aromatic carbocycles. The van der Waals surface area contributed by atoms with Crippen molar-refractivity contribution in [2.45, 2.75) is 38.8 Å². The van der Waals surface area contributed by atoms with Crippen molar-refractivity contribution in [1.29, 1.82) is 5.26 Å². The predicted molar refractivity (Wildman–Crippen MR) is 69.8 cm³/mol. The third kappa shape index (κ3) is 3.47. The topological polar surface area (TPSA) is 47.3 Å². The first kappa shape index (κ1) is 13.5. The van der Waals surface area contributed by atoms with Crippen molar-refractivity contribution in [3.63, 3.8) is 0 Å². The van der Waals surface area contributed by atoms with Gasteiger partial charge in [-0.15, -0.1) is 0 Å². The summed E-state index contributed by atoms with van der Waals surface area (Å²) in [4.78, 5) is 2.07. The smallest absolute Gasteiger partial charge is 0.0787 e. The fraction of sp³-hybridized carbons (Fsp3) is 0.500. The summed E-state index contributed by atoms with van der Waals surface area (Å²) >= 11 is 0. The van der Waals surface area contributed by atoms with Gasteiger partial charge in [-0.05, 0) is 31.0 Å². The number of anilines is 1. The van der Waals surface area contributed by atoms with Crippen molar-refractivity contribution in [1.82, 2.24) is 0 Å². The molecule has 0 heterocycles. The van der Waals surface area contributed by atoms with E-state index in [4.69, 9.17) is 5.26 Å². The van der Waals surface area contributed by atoms with Crippen LogP contribution in [0.25, 0.3) is 0 Å². The van der Waals surface area contributed by atoms with Crippen LogP contribution < -0.4 is 4.90 Å².